The molecule has 1 aromatic rings. The molecule has 0 spiro atoms. The van der Waals surface area contributed by atoms with E-state index in [1.807, 2.05) is 0 Å². The van der Waals surface area contributed by atoms with E-state index in [0.29, 0.717) is 12.8 Å². The minimum absolute atomic E-state index is 0.112. The summed E-state index contributed by atoms with van der Waals surface area (Å²) in [7, 11) is -3.99. The lowest BCUT2D eigenvalue weighted by Crippen LogP contribution is -2.43. The van der Waals surface area contributed by atoms with Crippen molar-refractivity contribution in [1.82, 2.24) is 4.31 Å². The third-order valence-electron chi connectivity index (χ3n) is 3.38. The Bertz CT molecular complexity index is 701. The lowest BCUT2D eigenvalue weighted by Gasteiger charge is -2.22. The van der Waals surface area contributed by atoms with Gasteiger partial charge in [0.25, 0.3) is 0 Å². The van der Waals surface area contributed by atoms with Gasteiger partial charge in [-0.2, -0.15) is 4.31 Å². The quantitative estimate of drug-likeness (QED) is 0.645. The van der Waals surface area contributed by atoms with Gasteiger partial charge in [-0.1, -0.05) is 0 Å². The second kappa shape index (κ2) is 5.34. The number of carbonyl (C=O) groups is 2. The van der Waals surface area contributed by atoms with Crippen molar-refractivity contribution in [3.05, 3.63) is 23.8 Å². The molecule has 0 saturated carbocycles. The maximum absolute atomic E-state index is 12.5. The number of carboxylic acid groups (broad SMARTS) is 1. The van der Waals surface area contributed by atoms with E-state index in [1.165, 1.54) is 0 Å². The number of nitrogens with zero attached hydrogens (tertiary/aromatic N) is 1. The average molecular weight is 313 g/mol. The first-order chi connectivity index (χ1) is 9.75. The van der Waals surface area contributed by atoms with Crippen molar-refractivity contribution in [3.8, 4) is 0 Å². The normalized spacial score (nSPS) is 19.5. The highest BCUT2D eigenvalue weighted by molar-refractivity contribution is 7.89. The summed E-state index contributed by atoms with van der Waals surface area (Å²) in [5.41, 5.74) is 10.6. The van der Waals surface area contributed by atoms with Crippen LogP contribution in [0.2, 0.25) is 0 Å². The summed E-state index contributed by atoms with van der Waals surface area (Å²) in [6.07, 6.45) is 0.891. The lowest BCUT2D eigenvalue weighted by molar-refractivity contribution is -0.121. The van der Waals surface area contributed by atoms with E-state index in [-0.39, 0.29) is 22.7 Å². The Hall–Kier alpha value is -2.13. The molecule has 9 heteroatoms. The molecule has 114 valence electrons. The molecule has 1 saturated heterocycles. The Labute approximate surface area is 121 Å². The fourth-order valence-electron chi connectivity index (χ4n) is 2.35. The van der Waals surface area contributed by atoms with Crippen LogP contribution >= 0.6 is 0 Å². The average Bonchev–Trinajstić information content (AvgIpc) is 2.88. The van der Waals surface area contributed by atoms with Gasteiger partial charge in [-0.15, -0.1) is 0 Å². The second-order valence-electron chi connectivity index (χ2n) is 4.73. The number of hydrogen-bond acceptors (Lipinski definition) is 5. The molecular weight excluding hydrogens is 298 g/mol. The van der Waals surface area contributed by atoms with Crippen molar-refractivity contribution < 1.29 is 23.1 Å². The van der Waals surface area contributed by atoms with Crippen molar-refractivity contribution >= 4 is 27.6 Å². The van der Waals surface area contributed by atoms with Crippen LogP contribution in [0.5, 0.6) is 0 Å². The highest BCUT2D eigenvalue weighted by atomic mass is 32.2. The minimum atomic E-state index is -3.99. The Kier molecular flexibility index (Phi) is 3.88. The molecule has 1 unspecified atom stereocenters. The molecule has 0 radical (unpaired) electrons. The third kappa shape index (κ3) is 2.69. The third-order valence-corrected chi connectivity index (χ3v) is 5.36. The fourth-order valence-corrected chi connectivity index (χ4v) is 4.12. The first kappa shape index (κ1) is 15.3. The van der Waals surface area contributed by atoms with E-state index in [2.05, 4.69) is 0 Å². The fraction of sp³-hybridized carbons (Fsp3) is 0.333. The largest absolute Gasteiger partial charge is 0.478 e. The van der Waals surface area contributed by atoms with Crippen LogP contribution in [0.15, 0.2) is 23.1 Å². The van der Waals surface area contributed by atoms with E-state index in [0.717, 1.165) is 22.5 Å². The maximum atomic E-state index is 12.5. The zero-order valence-electron chi connectivity index (χ0n) is 11.0. The minimum Gasteiger partial charge on any atom is -0.478 e. The maximum Gasteiger partial charge on any atom is 0.335 e. The molecular formula is C12H15N3O5S. The van der Waals surface area contributed by atoms with E-state index in [9.17, 15) is 18.0 Å². The van der Waals surface area contributed by atoms with Gasteiger partial charge in [-0.25, -0.2) is 13.2 Å². The molecule has 5 N–H and O–H groups in total. The Morgan fingerprint density at radius 2 is 2.00 bits per heavy atom. The number of carbonyl (C=O) groups excluding carboxylic acids is 1. The molecule has 0 aromatic heterocycles. The van der Waals surface area contributed by atoms with Crippen molar-refractivity contribution in [1.29, 1.82) is 0 Å². The topological polar surface area (TPSA) is 144 Å². The molecule has 1 amide bonds. The molecule has 21 heavy (non-hydrogen) atoms. The molecule has 0 bridgehead atoms. The Morgan fingerprint density at radius 1 is 1.33 bits per heavy atom. The SMILES string of the molecule is NC(=O)C1CCCN1S(=O)(=O)c1ccc(C(=O)O)cc1N. The summed E-state index contributed by atoms with van der Waals surface area (Å²) < 4.78 is 26.1. The van der Waals surface area contributed by atoms with Gasteiger partial charge in [-0.3, -0.25) is 4.79 Å². The van der Waals surface area contributed by atoms with Crippen LogP contribution < -0.4 is 11.5 Å². The number of nitrogen functional groups attached to an aromatic ring is 1. The van der Waals surface area contributed by atoms with E-state index in [4.69, 9.17) is 16.6 Å². The summed E-state index contributed by atoms with van der Waals surface area (Å²) in [5, 5.41) is 8.85. The number of sulfonamides is 1. The zero-order valence-corrected chi connectivity index (χ0v) is 11.8. The summed E-state index contributed by atoms with van der Waals surface area (Å²) in [6.45, 7) is 0.177. The molecule has 1 aromatic carbocycles. The second-order valence-corrected chi connectivity index (χ2v) is 6.59. The van der Waals surface area contributed by atoms with Gasteiger partial charge < -0.3 is 16.6 Å². The Balaban J connectivity index is 2.45. The van der Waals surface area contributed by atoms with Gasteiger partial charge in [0.05, 0.1) is 11.3 Å². The number of aromatic carboxylic acids is 1. The van der Waals surface area contributed by atoms with Crippen molar-refractivity contribution in [2.24, 2.45) is 5.73 Å². The number of benzene rings is 1. The van der Waals surface area contributed by atoms with Crippen LogP contribution in [0.3, 0.4) is 0 Å². The number of hydrogen-bond donors (Lipinski definition) is 3. The summed E-state index contributed by atoms with van der Waals surface area (Å²) in [6, 6.07) is 2.46. The van der Waals surface area contributed by atoms with Gasteiger partial charge >= 0.3 is 5.97 Å². The molecule has 1 aliphatic heterocycles. The predicted octanol–water partition coefficient (Wildman–Crippen LogP) is -0.395. The van der Waals surface area contributed by atoms with Crippen LogP contribution in [0.25, 0.3) is 0 Å². The highest BCUT2D eigenvalue weighted by Crippen LogP contribution is 2.29. The number of nitrogens with two attached hydrogens (primary N) is 2. The van der Waals surface area contributed by atoms with Gasteiger partial charge in [0, 0.05) is 6.54 Å². The first-order valence-electron chi connectivity index (χ1n) is 6.19. The standard InChI is InChI=1S/C12H15N3O5S/c13-8-6-7(12(17)18)3-4-10(8)21(19,20)15-5-1-2-9(15)11(14)16/h3-4,6,9H,1-2,5,13H2,(H2,14,16)(H,17,18). The summed E-state index contributed by atoms with van der Waals surface area (Å²) in [4.78, 5) is 21.9. The van der Waals surface area contributed by atoms with Gasteiger partial charge in [0.2, 0.25) is 15.9 Å². The molecule has 2 rings (SSSR count). The van der Waals surface area contributed by atoms with Crippen molar-refractivity contribution in [2.45, 2.75) is 23.8 Å². The molecule has 1 fully saturated rings. The number of anilines is 1. The Morgan fingerprint density at radius 3 is 2.52 bits per heavy atom. The van der Waals surface area contributed by atoms with Crippen LogP contribution in [-0.2, 0) is 14.8 Å². The van der Waals surface area contributed by atoms with E-state index < -0.39 is 27.9 Å². The number of primary amides is 1. The van der Waals surface area contributed by atoms with Crippen LogP contribution in [-0.4, -0.2) is 42.3 Å². The first-order valence-corrected chi connectivity index (χ1v) is 7.63. The van der Waals surface area contributed by atoms with Crippen LogP contribution in [0, 0.1) is 0 Å². The smallest absolute Gasteiger partial charge is 0.335 e. The highest BCUT2D eigenvalue weighted by Gasteiger charge is 2.39. The van der Waals surface area contributed by atoms with Gasteiger partial charge in [0.1, 0.15) is 10.9 Å². The molecule has 1 aliphatic rings. The van der Waals surface area contributed by atoms with Gasteiger partial charge in [0.15, 0.2) is 0 Å². The van der Waals surface area contributed by atoms with Gasteiger partial charge in [-0.05, 0) is 31.0 Å². The molecule has 1 atom stereocenters. The van der Waals surface area contributed by atoms with Crippen molar-refractivity contribution in [3.63, 3.8) is 0 Å². The van der Waals surface area contributed by atoms with E-state index in [1.54, 1.807) is 0 Å². The summed E-state index contributed by atoms with van der Waals surface area (Å²) in [5.74, 6) is -1.92. The van der Waals surface area contributed by atoms with Crippen LogP contribution in [0.4, 0.5) is 5.69 Å². The number of amides is 1. The lowest BCUT2D eigenvalue weighted by atomic mass is 10.2. The molecule has 0 aliphatic carbocycles. The monoisotopic (exact) mass is 313 g/mol. The number of rotatable bonds is 4. The van der Waals surface area contributed by atoms with Crippen LogP contribution in [0.1, 0.15) is 23.2 Å². The van der Waals surface area contributed by atoms with Crippen molar-refractivity contribution in [2.75, 3.05) is 12.3 Å². The molecule has 1 heterocycles. The zero-order chi connectivity index (χ0) is 15.8. The van der Waals surface area contributed by atoms with E-state index >= 15 is 0 Å². The molecule has 8 nitrogen and oxygen atoms in total. The predicted molar refractivity (Wildman–Crippen MR) is 73.9 cm³/mol. The number of carboxylic acids is 1. The summed E-state index contributed by atoms with van der Waals surface area (Å²) >= 11 is 0.